The number of hydrogen-bond donors (Lipinski definition) is 0. The SMILES string of the molecule is O=C(c1ccc([N+](=O)[O-])cc1)N(Cc1ccc(Br)cc1)c1ccccc1I. The summed E-state index contributed by atoms with van der Waals surface area (Å²) in [5, 5.41) is 10.9. The van der Waals surface area contributed by atoms with Crippen molar-refractivity contribution in [2.24, 2.45) is 0 Å². The van der Waals surface area contributed by atoms with E-state index in [1.807, 2.05) is 48.5 Å². The molecule has 0 radical (unpaired) electrons. The van der Waals surface area contributed by atoms with Crippen molar-refractivity contribution in [2.45, 2.75) is 6.54 Å². The maximum Gasteiger partial charge on any atom is 0.269 e. The lowest BCUT2D eigenvalue weighted by Crippen LogP contribution is -2.31. The quantitative estimate of drug-likeness (QED) is 0.235. The second-order valence-corrected chi connectivity index (χ2v) is 7.85. The standard InChI is InChI=1S/C20H14BrIN2O3/c21-16-9-5-14(6-10-16)13-23(19-4-2-1-3-18(19)22)20(25)15-7-11-17(12-8-15)24(26)27/h1-12H,13H2. The lowest BCUT2D eigenvalue weighted by Gasteiger charge is -2.24. The van der Waals surface area contributed by atoms with Crippen LogP contribution in [0.5, 0.6) is 0 Å². The first-order valence-corrected chi connectivity index (χ1v) is 9.88. The van der Waals surface area contributed by atoms with E-state index in [0.29, 0.717) is 12.1 Å². The number of benzene rings is 3. The Morgan fingerprint density at radius 2 is 1.63 bits per heavy atom. The van der Waals surface area contributed by atoms with Crippen molar-refractivity contribution in [3.05, 3.63) is 102 Å². The zero-order valence-electron chi connectivity index (χ0n) is 14.0. The molecule has 3 aromatic carbocycles. The number of non-ortho nitro benzene ring substituents is 1. The fourth-order valence-electron chi connectivity index (χ4n) is 2.59. The predicted octanol–water partition coefficient (Wildman–Crippen LogP) is 5.81. The summed E-state index contributed by atoms with van der Waals surface area (Å²) < 4.78 is 1.91. The van der Waals surface area contributed by atoms with E-state index in [-0.39, 0.29) is 11.6 Å². The van der Waals surface area contributed by atoms with Gasteiger partial charge in [-0.2, -0.15) is 0 Å². The second kappa shape index (κ2) is 8.62. The molecule has 7 heteroatoms. The van der Waals surface area contributed by atoms with Gasteiger partial charge in [-0.1, -0.05) is 40.2 Å². The third-order valence-electron chi connectivity index (χ3n) is 3.97. The summed E-state index contributed by atoms with van der Waals surface area (Å²) in [5.41, 5.74) is 2.13. The van der Waals surface area contributed by atoms with Crippen LogP contribution in [0, 0.1) is 13.7 Å². The van der Waals surface area contributed by atoms with Crippen molar-refractivity contribution < 1.29 is 9.72 Å². The number of carbonyl (C=O) groups is 1. The zero-order valence-corrected chi connectivity index (χ0v) is 17.8. The number of nitrogens with zero attached hydrogens (tertiary/aromatic N) is 2. The monoisotopic (exact) mass is 536 g/mol. The van der Waals surface area contributed by atoms with Crippen molar-refractivity contribution in [2.75, 3.05) is 4.90 Å². The minimum atomic E-state index is -0.478. The zero-order chi connectivity index (χ0) is 19.4. The van der Waals surface area contributed by atoms with Crippen molar-refractivity contribution in [1.29, 1.82) is 0 Å². The lowest BCUT2D eigenvalue weighted by molar-refractivity contribution is -0.384. The van der Waals surface area contributed by atoms with E-state index in [0.717, 1.165) is 19.3 Å². The molecule has 0 fully saturated rings. The summed E-state index contributed by atoms with van der Waals surface area (Å²) >= 11 is 5.62. The first-order chi connectivity index (χ1) is 13.0. The molecule has 0 spiro atoms. The van der Waals surface area contributed by atoms with Gasteiger partial charge in [-0.25, -0.2) is 0 Å². The summed E-state index contributed by atoms with van der Waals surface area (Å²) in [6.45, 7) is 0.392. The molecule has 5 nitrogen and oxygen atoms in total. The molecular weight excluding hydrogens is 523 g/mol. The molecule has 0 N–H and O–H groups in total. The van der Waals surface area contributed by atoms with Gasteiger partial charge in [0.05, 0.1) is 17.2 Å². The highest BCUT2D eigenvalue weighted by Gasteiger charge is 2.21. The molecule has 0 aliphatic heterocycles. The van der Waals surface area contributed by atoms with Crippen LogP contribution in [0.15, 0.2) is 77.3 Å². The van der Waals surface area contributed by atoms with E-state index in [9.17, 15) is 14.9 Å². The number of para-hydroxylation sites is 1. The van der Waals surface area contributed by atoms with Crippen LogP contribution in [0.25, 0.3) is 0 Å². The Morgan fingerprint density at radius 3 is 2.22 bits per heavy atom. The fourth-order valence-corrected chi connectivity index (χ4v) is 3.53. The van der Waals surface area contributed by atoms with E-state index < -0.39 is 4.92 Å². The first kappa shape index (κ1) is 19.5. The van der Waals surface area contributed by atoms with Gasteiger partial charge in [0.2, 0.25) is 0 Å². The number of carbonyl (C=O) groups excluding carboxylic acids is 1. The summed E-state index contributed by atoms with van der Waals surface area (Å²) in [4.78, 5) is 25.3. The maximum absolute atomic E-state index is 13.2. The Balaban J connectivity index is 1.98. The molecule has 0 saturated carbocycles. The van der Waals surface area contributed by atoms with Crippen LogP contribution >= 0.6 is 38.5 Å². The van der Waals surface area contributed by atoms with Crippen molar-refractivity contribution >= 4 is 55.8 Å². The lowest BCUT2D eigenvalue weighted by atomic mass is 10.1. The largest absolute Gasteiger partial charge is 0.303 e. The van der Waals surface area contributed by atoms with E-state index >= 15 is 0 Å². The van der Waals surface area contributed by atoms with E-state index in [1.54, 1.807) is 4.90 Å². The molecule has 0 bridgehead atoms. The van der Waals surface area contributed by atoms with E-state index in [1.165, 1.54) is 24.3 Å². The molecule has 0 aromatic heterocycles. The molecule has 1 amide bonds. The Kier molecular flexibility index (Phi) is 6.22. The highest BCUT2D eigenvalue weighted by atomic mass is 127. The van der Waals surface area contributed by atoms with Gasteiger partial charge in [0.15, 0.2) is 0 Å². The van der Waals surface area contributed by atoms with Crippen LogP contribution in [0.4, 0.5) is 11.4 Å². The van der Waals surface area contributed by atoms with Crippen molar-refractivity contribution in [1.82, 2.24) is 0 Å². The van der Waals surface area contributed by atoms with Crippen LogP contribution in [0.2, 0.25) is 0 Å². The summed E-state index contributed by atoms with van der Waals surface area (Å²) in [6, 6.07) is 21.1. The van der Waals surface area contributed by atoms with Gasteiger partial charge in [0.25, 0.3) is 11.6 Å². The first-order valence-electron chi connectivity index (χ1n) is 8.01. The molecule has 3 rings (SSSR count). The number of halogens is 2. The Bertz CT molecular complexity index is 975. The third-order valence-corrected chi connectivity index (χ3v) is 5.41. The third kappa shape index (κ3) is 4.72. The van der Waals surface area contributed by atoms with Gasteiger partial charge in [-0.3, -0.25) is 14.9 Å². The van der Waals surface area contributed by atoms with E-state index in [4.69, 9.17) is 0 Å². The average Bonchev–Trinajstić information content (AvgIpc) is 2.68. The van der Waals surface area contributed by atoms with Gasteiger partial charge >= 0.3 is 0 Å². The molecule has 0 atom stereocenters. The Labute approximate surface area is 178 Å². The second-order valence-electron chi connectivity index (χ2n) is 5.77. The minimum Gasteiger partial charge on any atom is -0.303 e. The number of amides is 1. The highest BCUT2D eigenvalue weighted by molar-refractivity contribution is 14.1. The van der Waals surface area contributed by atoms with Crippen LogP contribution < -0.4 is 4.90 Å². The van der Waals surface area contributed by atoms with Crippen LogP contribution in [0.1, 0.15) is 15.9 Å². The van der Waals surface area contributed by atoms with Crippen molar-refractivity contribution in [3.8, 4) is 0 Å². The van der Waals surface area contributed by atoms with Gasteiger partial charge in [0, 0.05) is 25.7 Å². The maximum atomic E-state index is 13.2. The number of rotatable bonds is 5. The summed E-state index contributed by atoms with van der Waals surface area (Å²) in [6.07, 6.45) is 0. The Hall–Kier alpha value is -2.26. The van der Waals surface area contributed by atoms with Crippen LogP contribution in [0.3, 0.4) is 0 Å². The highest BCUT2D eigenvalue weighted by Crippen LogP contribution is 2.26. The van der Waals surface area contributed by atoms with Gasteiger partial charge in [-0.15, -0.1) is 0 Å². The van der Waals surface area contributed by atoms with Gasteiger partial charge < -0.3 is 4.90 Å². The molecule has 0 heterocycles. The number of anilines is 1. The molecule has 3 aromatic rings. The number of hydrogen-bond acceptors (Lipinski definition) is 3. The predicted molar refractivity (Wildman–Crippen MR) is 117 cm³/mol. The van der Waals surface area contributed by atoms with Gasteiger partial charge in [0.1, 0.15) is 0 Å². The normalized spacial score (nSPS) is 10.4. The number of nitro benzene ring substituents is 1. The summed E-state index contributed by atoms with van der Waals surface area (Å²) in [5.74, 6) is -0.211. The molecule has 0 aliphatic rings. The van der Waals surface area contributed by atoms with E-state index in [2.05, 4.69) is 38.5 Å². The molecule has 0 aliphatic carbocycles. The van der Waals surface area contributed by atoms with Gasteiger partial charge in [-0.05, 0) is 64.6 Å². The van der Waals surface area contributed by atoms with Crippen LogP contribution in [-0.2, 0) is 6.54 Å². The van der Waals surface area contributed by atoms with Crippen molar-refractivity contribution in [3.63, 3.8) is 0 Å². The fraction of sp³-hybridized carbons (Fsp3) is 0.0500. The molecule has 0 saturated heterocycles. The molecule has 136 valence electrons. The topological polar surface area (TPSA) is 63.4 Å². The van der Waals surface area contributed by atoms with Crippen LogP contribution in [-0.4, -0.2) is 10.8 Å². The Morgan fingerprint density at radius 1 is 1.00 bits per heavy atom. The summed E-state index contributed by atoms with van der Waals surface area (Å²) in [7, 11) is 0. The molecular formula is C20H14BrIN2O3. The molecule has 0 unspecified atom stereocenters. The number of nitro groups is 1. The minimum absolute atomic E-state index is 0.0414. The average molecular weight is 537 g/mol. The smallest absolute Gasteiger partial charge is 0.269 e. The molecule has 27 heavy (non-hydrogen) atoms.